The van der Waals surface area contributed by atoms with Crippen LogP contribution in [0.15, 0.2) is 10.7 Å². The molecule has 0 aliphatic rings. The summed E-state index contributed by atoms with van der Waals surface area (Å²) in [6.45, 7) is 4.01. The molecule has 0 radical (unpaired) electrons. The Balaban J connectivity index is 3.34. The van der Waals surface area contributed by atoms with Gasteiger partial charge in [-0.2, -0.15) is 0 Å². The second-order valence-electron chi connectivity index (χ2n) is 2.17. The van der Waals surface area contributed by atoms with Gasteiger partial charge in [-0.05, 0) is 40.9 Å². The topological polar surface area (TPSA) is 12.9 Å². The molecule has 10 heavy (non-hydrogen) atoms. The summed E-state index contributed by atoms with van der Waals surface area (Å²) in [5.74, 6) is 0. The van der Waals surface area contributed by atoms with Crippen molar-refractivity contribution in [1.82, 2.24) is 4.98 Å². The van der Waals surface area contributed by atoms with Crippen LogP contribution in [0.4, 0.5) is 0 Å². The Morgan fingerprint density at radius 1 is 1.50 bits per heavy atom. The van der Waals surface area contributed by atoms with E-state index in [1.807, 2.05) is 13.8 Å². The Labute approximate surface area is 73.6 Å². The van der Waals surface area contributed by atoms with Crippen LogP contribution >= 0.6 is 27.5 Å². The molecule has 0 amide bonds. The van der Waals surface area contributed by atoms with E-state index in [0.717, 1.165) is 15.6 Å². The van der Waals surface area contributed by atoms with Gasteiger partial charge in [0.05, 0.1) is 4.47 Å². The minimum absolute atomic E-state index is 0.531. The van der Waals surface area contributed by atoms with E-state index >= 15 is 0 Å². The average molecular weight is 220 g/mol. The zero-order valence-electron chi connectivity index (χ0n) is 5.78. The average Bonchev–Trinajstić information content (AvgIpc) is 1.93. The molecule has 0 bridgehead atoms. The monoisotopic (exact) mass is 219 g/mol. The van der Waals surface area contributed by atoms with E-state index in [1.165, 1.54) is 0 Å². The number of aryl methyl sites for hydroxylation is 1. The predicted octanol–water partition coefficient (Wildman–Crippen LogP) is 3.11. The number of hydrogen-bond acceptors (Lipinski definition) is 1. The summed E-state index contributed by atoms with van der Waals surface area (Å²) in [4.78, 5) is 3.96. The summed E-state index contributed by atoms with van der Waals surface area (Å²) in [6, 6.07) is 0. The van der Waals surface area contributed by atoms with Crippen LogP contribution in [-0.2, 0) is 0 Å². The number of halogens is 2. The molecule has 0 aliphatic carbocycles. The van der Waals surface area contributed by atoms with Gasteiger partial charge >= 0.3 is 0 Å². The molecule has 1 heterocycles. The molecule has 54 valence electrons. The zero-order valence-corrected chi connectivity index (χ0v) is 8.12. The number of aromatic nitrogens is 1. The molecule has 3 heteroatoms. The normalized spacial score (nSPS) is 10.0. The predicted molar refractivity (Wildman–Crippen MR) is 46.4 cm³/mol. The van der Waals surface area contributed by atoms with Crippen LogP contribution in [0.25, 0.3) is 0 Å². The van der Waals surface area contributed by atoms with Crippen molar-refractivity contribution < 1.29 is 0 Å². The lowest BCUT2D eigenvalue weighted by atomic mass is 10.2. The van der Waals surface area contributed by atoms with Gasteiger partial charge in [0.25, 0.3) is 0 Å². The van der Waals surface area contributed by atoms with Crippen molar-refractivity contribution in [3.8, 4) is 0 Å². The molecule has 1 aromatic heterocycles. The highest BCUT2D eigenvalue weighted by Gasteiger charge is 2.02. The lowest BCUT2D eigenvalue weighted by Crippen LogP contribution is -1.86. The van der Waals surface area contributed by atoms with Crippen molar-refractivity contribution in [2.75, 3.05) is 0 Å². The van der Waals surface area contributed by atoms with Gasteiger partial charge in [-0.25, -0.2) is 4.98 Å². The van der Waals surface area contributed by atoms with Crippen LogP contribution in [0.5, 0.6) is 0 Å². The molecule has 1 nitrogen and oxygen atoms in total. The van der Waals surface area contributed by atoms with Gasteiger partial charge in [0.15, 0.2) is 0 Å². The van der Waals surface area contributed by atoms with Crippen molar-refractivity contribution in [1.29, 1.82) is 0 Å². The Hall–Kier alpha value is -0.0800. The maximum Gasteiger partial charge on any atom is 0.143 e. The molecular weight excluding hydrogens is 213 g/mol. The molecule has 0 aliphatic heterocycles. The summed E-state index contributed by atoms with van der Waals surface area (Å²) < 4.78 is 0.897. The lowest BCUT2D eigenvalue weighted by Gasteiger charge is -2.01. The standard InChI is InChI=1S/C7H7BrClN/c1-4-3-10-7(9)6(8)5(4)2/h3H,1-2H3. The van der Waals surface area contributed by atoms with Gasteiger partial charge in [0.1, 0.15) is 5.15 Å². The van der Waals surface area contributed by atoms with E-state index in [-0.39, 0.29) is 0 Å². The first-order valence-electron chi connectivity index (χ1n) is 2.90. The van der Waals surface area contributed by atoms with Crippen LogP contribution in [0.3, 0.4) is 0 Å². The fraction of sp³-hybridized carbons (Fsp3) is 0.286. The zero-order chi connectivity index (χ0) is 7.72. The molecule has 0 fully saturated rings. The van der Waals surface area contributed by atoms with Gasteiger partial charge in [-0.3, -0.25) is 0 Å². The molecule has 1 rings (SSSR count). The highest BCUT2D eigenvalue weighted by molar-refractivity contribution is 9.10. The highest BCUT2D eigenvalue weighted by Crippen LogP contribution is 2.25. The van der Waals surface area contributed by atoms with E-state index < -0.39 is 0 Å². The summed E-state index contributed by atoms with van der Waals surface area (Å²) in [5.41, 5.74) is 2.30. The number of nitrogens with zero attached hydrogens (tertiary/aromatic N) is 1. The summed E-state index contributed by atoms with van der Waals surface area (Å²) in [7, 11) is 0. The summed E-state index contributed by atoms with van der Waals surface area (Å²) >= 11 is 9.06. The molecule has 0 saturated carbocycles. The fourth-order valence-corrected chi connectivity index (χ4v) is 1.24. The Kier molecular flexibility index (Phi) is 2.32. The first-order valence-corrected chi connectivity index (χ1v) is 4.07. The van der Waals surface area contributed by atoms with Gasteiger partial charge in [-0.15, -0.1) is 0 Å². The van der Waals surface area contributed by atoms with E-state index in [2.05, 4.69) is 20.9 Å². The smallest absolute Gasteiger partial charge is 0.143 e. The van der Waals surface area contributed by atoms with Crippen molar-refractivity contribution in [2.45, 2.75) is 13.8 Å². The van der Waals surface area contributed by atoms with E-state index in [1.54, 1.807) is 6.20 Å². The molecule has 0 saturated heterocycles. The first kappa shape index (κ1) is 8.02. The fourth-order valence-electron chi connectivity index (χ4n) is 0.635. The third-order valence-corrected chi connectivity index (χ3v) is 2.96. The molecule has 0 spiro atoms. The van der Waals surface area contributed by atoms with Crippen LogP contribution in [0, 0.1) is 13.8 Å². The largest absolute Gasteiger partial charge is 0.243 e. The van der Waals surface area contributed by atoms with Crippen LogP contribution < -0.4 is 0 Å². The Morgan fingerprint density at radius 2 is 2.10 bits per heavy atom. The van der Waals surface area contributed by atoms with Gasteiger partial charge in [-0.1, -0.05) is 11.6 Å². The van der Waals surface area contributed by atoms with E-state index in [4.69, 9.17) is 11.6 Å². The Bertz CT molecular complexity index is 233. The van der Waals surface area contributed by atoms with Crippen LogP contribution in [0.1, 0.15) is 11.1 Å². The van der Waals surface area contributed by atoms with Crippen molar-refractivity contribution in [3.63, 3.8) is 0 Å². The number of rotatable bonds is 0. The Morgan fingerprint density at radius 3 is 2.60 bits per heavy atom. The summed E-state index contributed by atoms with van der Waals surface area (Å²) in [6.07, 6.45) is 1.77. The maximum atomic E-state index is 5.73. The molecular formula is C7H7BrClN. The third-order valence-electron chi connectivity index (χ3n) is 1.47. The van der Waals surface area contributed by atoms with E-state index in [9.17, 15) is 0 Å². The minimum atomic E-state index is 0.531. The number of hydrogen-bond donors (Lipinski definition) is 0. The molecule has 0 aromatic carbocycles. The molecule has 1 aromatic rings. The minimum Gasteiger partial charge on any atom is -0.243 e. The second-order valence-corrected chi connectivity index (χ2v) is 3.32. The second kappa shape index (κ2) is 2.89. The van der Waals surface area contributed by atoms with Gasteiger partial charge in [0, 0.05) is 6.20 Å². The van der Waals surface area contributed by atoms with Crippen LogP contribution in [-0.4, -0.2) is 4.98 Å². The van der Waals surface area contributed by atoms with Crippen molar-refractivity contribution in [2.24, 2.45) is 0 Å². The van der Waals surface area contributed by atoms with E-state index in [0.29, 0.717) is 5.15 Å². The highest BCUT2D eigenvalue weighted by atomic mass is 79.9. The van der Waals surface area contributed by atoms with Gasteiger partial charge in [0.2, 0.25) is 0 Å². The van der Waals surface area contributed by atoms with Gasteiger partial charge < -0.3 is 0 Å². The number of pyridine rings is 1. The first-order chi connectivity index (χ1) is 4.63. The van der Waals surface area contributed by atoms with Crippen molar-refractivity contribution >= 4 is 27.5 Å². The molecule has 0 N–H and O–H groups in total. The van der Waals surface area contributed by atoms with Crippen LogP contribution in [0.2, 0.25) is 5.15 Å². The SMILES string of the molecule is Cc1cnc(Cl)c(Br)c1C. The molecule has 0 unspecified atom stereocenters. The quantitative estimate of drug-likeness (QED) is 0.612. The lowest BCUT2D eigenvalue weighted by molar-refractivity contribution is 1.19. The summed E-state index contributed by atoms with van der Waals surface area (Å²) in [5, 5.41) is 0.531. The van der Waals surface area contributed by atoms with Crippen molar-refractivity contribution in [3.05, 3.63) is 26.9 Å². The molecule has 0 atom stereocenters. The maximum absolute atomic E-state index is 5.73. The third kappa shape index (κ3) is 1.32.